The highest BCUT2D eigenvalue weighted by molar-refractivity contribution is 7.13. The summed E-state index contributed by atoms with van der Waals surface area (Å²) in [5, 5.41) is 7.72. The first-order chi connectivity index (χ1) is 11.7. The molecule has 0 radical (unpaired) electrons. The molecule has 3 rings (SSSR count). The molecular weight excluding hydrogens is 326 g/mol. The second kappa shape index (κ2) is 7.38. The molecule has 0 bridgehead atoms. The molecule has 24 heavy (non-hydrogen) atoms. The van der Waals surface area contributed by atoms with E-state index >= 15 is 0 Å². The maximum absolute atomic E-state index is 12.0. The Morgan fingerprint density at radius 2 is 1.96 bits per heavy atom. The molecule has 0 aliphatic heterocycles. The third-order valence-corrected chi connectivity index (χ3v) is 3.70. The molecule has 7 heteroatoms. The van der Waals surface area contributed by atoms with Gasteiger partial charge in [-0.25, -0.2) is 4.98 Å². The summed E-state index contributed by atoms with van der Waals surface area (Å²) in [5.41, 5.74) is 1.07. The molecule has 0 saturated heterocycles. The number of thiazole rings is 1. The summed E-state index contributed by atoms with van der Waals surface area (Å²) >= 11 is 1.35. The molecular formula is C17H13N3O3S. The Kier molecular flexibility index (Phi) is 4.83. The molecule has 1 aromatic carbocycles. The molecule has 2 amide bonds. The van der Waals surface area contributed by atoms with Crippen molar-refractivity contribution in [3.8, 4) is 0 Å². The lowest BCUT2D eigenvalue weighted by Gasteiger charge is -2.04. The summed E-state index contributed by atoms with van der Waals surface area (Å²) in [6.45, 7) is 0. The number of carbonyl (C=O) groups excluding carboxylic acids is 2. The van der Waals surface area contributed by atoms with E-state index in [1.54, 1.807) is 54.1 Å². The Bertz CT molecular complexity index is 838. The van der Waals surface area contributed by atoms with Crippen LogP contribution in [0, 0.1) is 0 Å². The van der Waals surface area contributed by atoms with Gasteiger partial charge in [0.1, 0.15) is 5.76 Å². The van der Waals surface area contributed by atoms with Gasteiger partial charge in [0.05, 0.1) is 6.26 Å². The summed E-state index contributed by atoms with van der Waals surface area (Å²) in [4.78, 5) is 27.8. The van der Waals surface area contributed by atoms with Crippen molar-refractivity contribution in [1.82, 2.24) is 4.98 Å². The minimum atomic E-state index is -0.286. The van der Waals surface area contributed by atoms with E-state index in [-0.39, 0.29) is 11.8 Å². The zero-order valence-corrected chi connectivity index (χ0v) is 13.2. The van der Waals surface area contributed by atoms with Crippen molar-refractivity contribution in [2.24, 2.45) is 0 Å². The lowest BCUT2D eigenvalue weighted by molar-refractivity contribution is -0.111. The molecule has 3 aromatic rings. The van der Waals surface area contributed by atoms with E-state index in [1.165, 1.54) is 23.7 Å². The van der Waals surface area contributed by atoms with E-state index in [1.807, 2.05) is 0 Å². The van der Waals surface area contributed by atoms with Crippen LogP contribution in [0.4, 0.5) is 10.8 Å². The normalized spacial score (nSPS) is 10.7. The average Bonchev–Trinajstić information content (AvgIpc) is 3.27. The summed E-state index contributed by atoms with van der Waals surface area (Å²) in [6.07, 6.45) is 6.11. The fourth-order valence-electron chi connectivity index (χ4n) is 1.89. The summed E-state index contributed by atoms with van der Waals surface area (Å²) in [7, 11) is 0. The molecule has 0 aliphatic rings. The second-order valence-corrected chi connectivity index (χ2v) is 5.60. The highest BCUT2D eigenvalue weighted by atomic mass is 32.1. The lowest BCUT2D eigenvalue weighted by Crippen LogP contribution is -2.12. The summed E-state index contributed by atoms with van der Waals surface area (Å²) in [6, 6.07) is 10.1. The Morgan fingerprint density at radius 3 is 2.62 bits per heavy atom. The van der Waals surface area contributed by atoms with Gasteiger partial charge in [0, 0.05) is 28.9 Å². The highest BCUT2D eigenvalue weighted by Gasteiger charge is 2.07. The zero-order chi connectivity index (χ0) is 16.8. The third kappa shape index (κ3) is 4.17. The number of rotatable bonds is 5. The molecule has 0 atom stereocenters. The van der Waals surface area contributed by atoms with E-state index in [0.29, 0.717) is 22.1 Å². The quantitative estimate of drug-likeness (QED) is 0.695. The Balaban J connectivity index is 1.58. The van der Waals surface area contributed by atoms with Crippen LogP contribution >= 0.6 is 11.3 Å². The smallest absolute Gasteiger partial charge is 0.257 e. The van der Waals surface area contributed by atoms with Crippen molar-refractivity contribution in [2.45, 2.75) is 0 Å². The zero-order valence-electron chi connectivity index (χ0n) is 12.4. The minimum absolute atomic E-state index is 0.249. The molecule has 2 heterocycles. The average molecular weight is 339 g/mol. The number of aromatic nitrogens is 1. The van der Waals surface area contributed by atoms with Crippen LogP contribution in [0.3, 0.4) is 0 Å². The first-order valence-electron chi connectivity index (χ1n) is 7.04. The molecule has 2 aromatic heterocycles. The molecule has 120 valence electrons. The van der Waals surface area contributed by atoms with E-state index < -0.39 is 0 Å². The van der Waals surface area contributed by atoms with E-state index in [4.69, 9.17) is 4.42 Å². The number of nitrogens with one attached hydrogen (secondary N) is 2. The predicted octanol–water partition coefficient (Wildman–Crippen LogP) is 3.64. The maximum Gasteiger partial charge on any atom is 0.257 e. The van der Waals surface area contributed by atoms with E-state index in [2.05, 4.69) is 15.6 Å². The van der Waals surface area contributed by atoms with E-state index in [9.17, 15) is 9.59 Å². The maximum atomic E-state index is 12.0. The molecule has 2 N–H and O–H groups in total. The van der Waals surface area contributed by atoms with Gasteiger partial charge in [0.25, 0.3) is 5.91 Å². The van der Waals surface area contributed by atoms with Gasteiger partial charge in [-0.2, -0.15) is 0 Å². The van der Waals surface area contributed by atoms with Gasteiger partial charge < -0.3 is 9.73 Å². The van der Waals surface area contributed by atoms with Crippen LogP contribution in [-0.4, -0.2) is 16.8 Å². The van der Waals surface area contributed by atoms with Crippen LogP contribution in [0.1, 0.15) is 16.1 Å². The summed E-state index contributed by atoms with van der Waals surface area (Å²) < 4.78 is 5.10. The largest absolute Gasteiger partial charge is 0.465 e. The standard InChI is InChI=1S/C17H13N3O3S/c21-15(8-7-14-2-1-10-23-14)19-13-5-3-12(4-6-13)16(22)20-17-18-9-11-24-17/h1-11H,(H,19,21)(H,18,20,22)/b8-7+. The van der Waals surface area contributed by atoms with Crippen LogP contribution in [0.2, 0.25) is 0 Å². The second-order valence-electron chi connectivity index (χ2n) is 4.71. The number of nitrogens with zero attached hydrogens (tertiary/aromatic N) is 1. The Morgan fingerprint density at radius 1 is 1.12 bits per heavy atom. The van der Waals surface area contributed by atoms with Crippen LogP contribution in [0.5, 0.6) is 0 Å². The van der Waals surface area contributed by atoms with Crippen molar-refractivity contribution in [1.29, 1.82) is 0 Å². The third-order valence-electron chi connectivity index (χ3n) is 3.01. The van der Waals surface area contributed by atoms with Crippen molar-refractivity contribution < 1.29 is 14.0 Å². The molecule has 0 aliphatic carbocycles. The van der Waals surface area contributed by atoms with Gasteiger partial charge in [-0.1, -0.05) is 0 Å². The lowest BCUT2D eigenvalue weighted by atomic mass is 10.2. The number of anilines is 2. The predicted molar refractivity (Wildman–Crippen MR) is 92.9 cm³/mol. The van der Waals surface area contributed by atoms with Gasteiger partial charge in [0.15, 0.2) is 5.13 Å². The van der Waals surface area contributed by atoms with Crippen molar-refractivity contribution in [3.63, 3.8) is 0 Å². The number of amides is 2. The van der Waals surface area contributed by atoms with Crippen molar-refractivity contribution in [3.05, 3.63) is 71.6 Å². The van der Waals surface area contributed by atoms with Crippen LogP contribution < -0.4 is 10.6 Å². The van der Waals surface area contributed by atoms with Crippen LogP contribution in [0.15, 0.2) is 64.7 Å². The fraction of sp³-hybridized carbons (Fsp3) is 0. The van der Waals surface area contributed by atoms with E-state index in [0.717, 1.165) is 0 Å². The molecule has 0 unspecified atom stereocenters. The minimum Gasteiger partial charge on any atom is -0.465 e. The van der Waals surface area contributed by atoms with Crippen LogP contribution in [-0.2, 0) is 4.79 Å². The van der Waals surface area contributed by atoms with Gasteiger partial charge in [0.2, 0.25) is 5.91 Å². The number of benzene rings is 1. The van der Waals surface area contributed by atoms with Gasteiger partial charge in [-0.05, 0) is 42.5 Å². The Labute approximate surface area is 141 Å². The number of hydrogen-bond acceptors (Lipinski definition) is 5. The first kappa shape index (κ1) is 15.7. The molecule has 6 nitrogen and oxygen atoms in total. The number of carbonyl (C=O) groups is 2. The van der Waals surface area contributed by atoms with Crippen molar-refractivity contribution >= 4 is 40.0 Å². The van der Waals surface area contributed by atoms with Gasteiger partial charge in [-0.3, -0.25) is 14.9 Å². The van der Waals surface area contributed by atoms with Crippen LogP contribution in [0.25, 0.3) is 6.08 Å². The molecule has 0 spiro atoms. The highest BCUT2D eigenvalue weighted by Crippen LogP contribution is 2.14. The molecule has 0 saturated carbocycles. The number of furan rings is 1. The fourth-order valence-corrected chi connectivity index (χ4v) is 2.41. The topological polar surface area (TPSA) is 84.2 Å². The monoisotopic (exact) mass is 339 g/mol. The number of hydrogen-bond donors (Lipinski definition) is 2. The van der Waals surface area contributed by atoms with Crippen molar-refractivity contribution in [2.75, 3.05) is 10.6 Å². The van der Waals surface area contributed by atoms with Gasteiger partial charge >= 0.3 is 0 Å². The Hall–Kier alpha value is -3.19. The SMILES string of the molecule is O=C(/C=C/c1ccco1)Nc1ccc(C(=O)Nc2nccs2)cc1. The first-order valence-corrected chi connectivity index (χ1v) is 7.92. The molecule has 0 fully saturated rings. The summed E-state index contributed by atoms with van der Waals surface area (Å²) in [5.74, 6) is 0.0614. The van der Waals surface area contributed by atoms with Gasteiger partial charge in [-0.15, -0.1) is 11.3 Å².